The van der Waals surface area contributed by atoms with Gasteiger partial charge in [0.15, 0.2) is 5.82 Å². The number of aromatic nitrogens is 2. The van der Waals surface area contributed by atoms with Crippen LogP contribution in [0.5, 0.6) is 0 Å². The molecular formula is C61H40N2. The number of nitrogens with zero attached hydrogens (tertiary/aromatic N) is 2. The van der Waals surface area contributed by atoms with Crippen LogP contribution in [0.15, 0.2) is 243 Å². The van der Waals surface area contributed by atoms with Crippen LogP contribution in [0.2, 0.25) is 0 Å². The molecule has 10 aromatic carbocycles. The molecule has 0 fully saturated rings. The Bertz CT molecular complexity index is 3450. The summed E-state index contributed by atoms with van der Waals surface area (Å²) >= 11 is 0. The molecule has 1 heterocycles. The van der Waals surface area contributed by atoms with Crippen LogP contribution >= 0.6 is 0 Å². The fraction of sp³-hybridized carbons (Fsp3) is 0.0164. The molecule has 11 aromatic rings. The van der Waals surface area contributed by atoms with E-state index in [0.717, 1.165) is 44.6 Å². The molecule has 63 heavy (non-hydrogen) atoms. The molecule has 1 aliphatic carbocycles. The fourth-order valence-corrected chi connectivity index (χ4v) is 10.1. The smallest absolute Gasteiger partial charge is 0.160 e. The van der Waals surface area contributed by atoms with Crippen LogP contribution in [0.4, 0.5) is 0 Å². The minimum Gasteiger partial charge on any atom is -0.228 e. The molecule has 0 spiro atoms. The van der Waals surface area contributed by atoms with Crippen LogP contribution in [0, 0.1) is 0 Å². The maximum absolute atomic E-state index is 5.32. The van der Waals surface area contributed by atoms with Crippen molar-refractivity contribution in [1.29, 1.82) is 0 Å². The molecule has 0 saturated heterocycles. The first-order chi connectivity index (χ1) is 31.2. The minimum absolute atomic E-state index is 0.524. The number of benzene rings is 10. The van der Waals surface area contributed by atoms with E-state index in [1.807, 2.05) is 6.07 Å². The second-order valence-corrected chi connectivity index (χ2v) is 16.4. The molecule has 0 aliphatic heterocycles. The summed E-state index contributed by atoms with van der Waals surface area (Å²) in [7, 11) is 0. The lowest BCUT2D eigenvalue weighted by molar-refractivity contribution is 0.770. The predicted octanol–water partition coefficient (Wildman–Crippen LogP) is 15.5. The van der Waals surface area contributed by atoms with E-state index < -0.39 is 5.41 Å². The first-order valence-electron chi connectivity index (χ1n) is 21.6. The summed E-state index contributed by atoms with van der Waals surface area (Å²) in [6, 6.07) is 87.8. The van der Waals surface area contributed by atoms with Gasteiger partial charge in [0.05, 0.1) is 16.8 Å². The Morgan fingerprint density at radius 1 is 0.270 bits per heavy atom. The van der Waals surface area contributed by atoms with Crippen LogP contribution in [0.1, 0.15) is 22.3 Å². The first kappa shape index (κ1) is 36.6. The van der Waals surface area contributed by atoms with E-state index in [9.17, 15) is 0 Å². The molecule has 1 aliphatic rings. The second-order valence-electron chi connectivity index (χ2n) is 16.4. The molecule has 2 heteroatoms. The summed E-state index contributed by atoms with van der Waals surface area (Å²) in [5.74, 6) is 0.697. The summed E-state index contributed by atoms with van der Waals surface area (Å²) in [4.78, 5) is 10.6. The average Bonchev–Trinajstić information content (AvgIpc) is 3.65. The zero-order valence-corrected chi connectivity index (χ0v) is 34.5. The quantitative estimate of drug-likeness (QED) is 0.160. The zero-order valence-electron chi connectivity index (χ0n) is 34.5. The fourth-order valence-electron chi connectivity index (χ4n) is 10.1. The van der Waals surface area contributed by atoms with Gasteiger partial charge in [0.25, 0.3) is 0 Å². The summed E-state index contributed by atoms with van der Waals surface area (Å²) in [5.41, 5.74) is 16.7. The van der Waals surface area contributed by atoms with Gasteiger partial charge in [0, 0.05) is 16.7 Å². The van der Waals surface area contributed by atoms with E-state index in [0.29, 0.717) is 5.82 Å². The van der Waals surface area contributed by atoms with Crippen molar-refractivity contribution < 1.29 is 0 Å². The lowest BCUT2D eigenvalue weighted by Gasteiger charge is -2.34. The van der Waals surface area contributed by atoms with Crippen molar-refractivity contribution in [3.63, 3.8) is 0 Å². The molecule has 0 unspecified atom stereocenters. The van der Waals surface area contributed by atoms with Gasteiger partial charge in [-0.1, -0.05) is 218 Å². The van der Waals surface area contributed by atoms with E-state index in [1.165, 1.54) is 60.7 Å². The van der Waals surface area contributed by atoms with Crippen LogP contribution in [0.3, 0.4) is 0 Å². The Hall–Kier alpha value is -8.20. The largest absolute Gasteiger partial charge is 0.228 e. The van der Waals surface area contributed by atoms with Gasteiger partial charge >= 0.3 is 0 Å². The Morgan fingerprint density at radius 3 is 1.41 bits per heavy atom. The molecular weight excluding hydrogens is 761 g/mol. The maximum atomic E-state index is 5.32. The first-order valence-corrected chi connectivity index (χ1v) is 21.6. The van der Waals surface area contributed by atoms with Crippen LogP contribution in [-0.4, -0.2) is 9.97 Å². The van der Waals surface area contributed by atoms with E-state index in [4.69, 9.17) is 9.97 Å². The standard InChI is InChI=1S/C61H40N2/c1-5-19-41(20-6-1)48-29-15-18-32-53(48)58-40-59(63-60(62-58)42-21-7-2-8-22-42)54-36-35-49(50-30-16-17-31-51(50)54)45-33-34-52-55-37-43-23-13-14-24-44(43)38-57(55)61(56(52)39-45,46-25-9-3-10-26-46)47-27-11-4-12-28-47/h1-40H. The zero-order chi connectivity index (χ0) is 41.7. The Kier molecular flexibility index (Phi) is 8.76. The van der Waals surface area contributed by atoms with Gasteiger partial charge in [-0.15, -0.1) is 0 Å². The monoisotopic (exact) mass is 800 g/mol. The van der Waals surface area contributed by atoms with Crippen LogP contribution in [-0.2, 0) is 5.41 Å². The molecule has 1 aromatic heterocycles. The highest BCUT2D eigenvalue weighted by molar-refractivity contribution is 6.06. The predicted molar refractivity (Wildman–Crippen MR) is 262 cm³/mol. The van der Waals surface area contributed by atoms with E-state index in [-0.39, 0.29) is 0 Å². The molecule has 0 atom stereocenters. The highest BCUT2D eigenvalue weighted by atomic mass is 14.9. The molecule has 2 nitrogen and oxygen atoms in total. The molecule has 12 rings (SSSR count). The van der Waals surface area contributed by atoms with Gasteiger partial charge in [-0.2, -0.15) is 0 Å². The van der Waals surface area contributed by atoms with Gasteiger partial charge in [-0.05, 0) is 101 Å². The van der Waals surface area contributed by atoms with E-state index in [1.54, 1.807) is 0 Å². The number of hydrogen-bond donors (Lipinski definition) is 0. The SMILES string of the molecule is c1ccc(-c2nc(-c3ccccc3-c3ccccc3)cc(-c3ccc(-c4ccc5c(c4)C(c4ccccc4)(c4ccccc4)c4cc6ccccc6cc4-5)c4ccccc34)n2)cc1. The van der Waals surface area contributed by atoms with Crippen molar-refractivity contribution in [2.45, 2.75) is 5.41 Å². The van der Waals surface area contributed by atoms with Crippen molar-refractivity contribution in [3.8, 4) is 67.3 Å². The molecule has 294 valence electrons. The Morgan fingerprint density at radius 2 is 0.746 bits per heavy atom. The van der Waals surface area contributed by atoms with Crippen molar-refractivity contribution in [2.24, 2.45) is 0 Å². The van der Waals surface area contributed by atoms with Gasteiger partial charge in [0.1, 0.15) is 0 Å². The second kappa shape index (κ2) is 15.1. The summed E-state index contributed by atoms with van der Waals surface area (Å²) < 4.78 is 0. The minimum atomic E-state index is -0.524. The van der Waals surface area contributed by atoms with Gasteiger partial charge in [-0.25, -0.2) is 9.97 Å². The van der Waals surface area contributed by atoms with Crippen molar-refractivity contribution in [3.05, 3.63) is 265 Å². The number of rotatable bonds is 7. The van der Waals surface area contributed by atoms with Crippen molar-refractivity contribution in [1.82, 2.24) is 9.97 Å². The lowest BCUT2D eigenvalue weighted by atomic mass is 9.67. The van der Waals surface area contributed by atoms with Gasteiger partial charge in [-0.3, -0.25) is 0 Å². The van der Waals surface area contributed by atoms with Crippen molar-refractivity contribution >= 4 is 21.5 Å². The van der Waals surface area contributed by atoms with Crippen LogP contribution in [0.25, 0.3) is 88.8 Å². The summed E-state index contributed by atoms with van der Waals surface area (Å²) in [5, 5.41) is 4.81. The topological polar surface area (TPSA) is 25.8 Å². The molecule has 0 radical (unpaired) electrons. The highest BCUT2D eigenvalue weighted by Gasteiger charge is 2.46. The third-order valence-corrected chi connectivity index (χ3v) is 13.0. The highest BCUT2D eigenvalue weighted by Crippen LogP contribution is 2.57. The Labute approximate surface area is 367 Å². The summed E-state index contributed by atoms with van der Waals surface area (Å²) in [6.07, 6.45) is 0. The number of fused-ring (bicyclic) bond motifs is 5. The van der Waals surface area contributed by atoms with E-state index >= 15 is 0 Å². The average molecular weight is 801 g/mol. The number of hydrogen-bond acceptors (Lipinski definition) is 2. The van der Waals surface area contributed by atoms with Crippen molar-refractivity contribution in [2.75, 3.05) is 0 Å². The third kappa shape index (κ3) is 6.02. The molecule has 0 bridgehead atoms. The molecule has 0 saturated carbocycles. The third-order valence-electron chi connectivity index (χ3n) is 13.0. The van der Waals surface area contributed by atoms with Gasteiger partial charge in [0.2, 0.25) is 0 Å². The molecule has 0 amide bonds. The van der Waals surface area contributed by atoms with E-state index in [2.05, 4.69) is 237 Å². The Balaban J connectivity index is 1.07. The van der Waals surface area contributed by atoms with Crippen LogP contribution < -0.4 is 0 Å². The maximum Gasteiger partial charge on any atom is 0.160 e. The van der Waals surface area contributed by atoms with Gasteiger partial charge < -0.3 is 0 Å². The lowest BCUT2D eigenvalue weighted by Crippen LogP contribution is -2.28. The molecule has 0 N–H and O–H groups in total. The summed E-state index contributed by atoms with van der Waals surface area (Å²) in [6.45, 7) is 0. The normalized spacial score (nSPS) is 12.6.